The number of ether oxygens (including phenoxy) is 4. The third-order valence-electron chi connectivity index (χ3n) is 6.27. The van der Waals surface area contributed by atoms with Crippen molar-refractivity contribution in [3.05, 3.63) is 68.7 Å². The van der Waals surface area contributed by atoms with E-state index < -0.39 is 11.9 Å². The van der Waals surface area contributed by atoms with Gasteiger partial charge in [0, 0.05) is 35.4 Å². The number of hydrogen-bond acceptors (Lipinski definition) is 8. The summed E-state index contributed by atoms with van der Waals surface area (Å²) in [5.74, 6) is 0.439. The molecule has 2 aromatic rings. The van der Waals surface area contributed by atoms with E-state index in [1.54, 1.807) is 21.3 Å². The van der Waals surface area contributed by atoms with Crippen LogP contribution in [0.25, 0.3) is 0 Å². The van der Waals surface area contributed by atoms with Crippen LogP contribution >= 0.6 is 11.3 Å². The molecule has 0 unspecified atom stereocenters. The molecule has 1 aliphatic carbocycles. The first-order chi connectivity index (χ1) is 16.5. The average molecular weight is 484 g/mol. The molecule has 7 nitrogen and oxygen atoms in total. The van der Waals surface area contributed by atoms with Crippen LogP contribution < -0.4 is 14.8 Å². The zero-order chi connectivity index (χ0) is 24.2. The molecule has 0 saturated carbocycles. The molecule has 2 atom stereocenters. The predicted molar refractivity (Wildman–Crippen MR) is 129 cm³/mol. The van der Waals surface area contributed by atoms with Crippen LogP contribution in [0.3, 0.4) is 0 Å². The third-order valence-corrected chi connectivity index (χ3v) is 7.21. The van der Waals surface area contributed by atoms with Gasteiger partial charge in [0.05, 0.1) is 32.3 Å². The van der Waals surface area contributed by atoms with Crippen molar-refractivity contribution in [3.63, 3.8) is 0 Å². The summed E-state index contributed by atoms with van der Waals surface area (Å²) in [6.45, 7) is 2.33. The number of dihydropyridines is 1. The van der Waals surface area contributed by atoms with Gasteiger partial charge in [-0.1, -0.05) is 12.1 Å². The fraction of sp³-hybridized carbons (Fsp3) is 0.385. The molecule has 0 saturated heterocycles. The molecule has 1 aromatic heterocycles. The molecule has 1 aliphatic heterocycles. The van der Waals surface area contributed by atoms with Crippen LogP contribution in [0.5, 0.6) is 11.5 Å². The van der Waals surface area contributed by atoms with Gasteiger partial charge in [-0.3, -0.25) is 4.79 Å². The maximum atomic E-state index is 13.6. The molecule has 1 aromatic carbocycles. The molecule has 0 bridgehead atoms. The quantitative estimate of drug-likeness (QED) is 0.442. The van der Waals surface area contributed by atoms with E-state index in [1.165, 1.54) is 11.3 Å². The van der Waals surface area contributed by atoms with Crippen LogP contribution in [0.1, 0.15) is 42.0 Å². The smallest absolute Gasteiger partial charge is 0.336 e. The molecule has 34 heavy (non-hydrogen) atoms. The van der Waals surface area contributed by atoms with Gasteiger partial charge in [0.1, 0.15) is 6.61 Å². The molecule has 0 spiro atoms. The fourth-order valence-corrected chi connectivity index (χ4v) is 5.53. The van der Waals surface area contributed by atoms with Crippen LogP contribution in [0, 0.1) is 0 Å². The topological polar surface area (TPSA) is 83.1 Å². The maximum absolute atomic E-state index is 13.6. The van der Waals surface area contributed by atoms with Crippen LogP contribution in [-0.4, -0.2) is 46.3 Å². The number of nitrogens with one attached hydrogen (secondary N) is 1. The van der Waals surface area contributed by atoms with Gasteiger partial charge in [-0.05, 0) is 48.4 Å². The van der Waals surface area contributed by atoms with Crippen LogP contribution in [0.2, 0.25) is 0 Å². The summed E-state index contributed by atoms with van der Waals surface area (Å²) in [6.07, 6.45) is 1.00. The van der Waals surface area contributed by atoms with Gasteiger partial charge in [0.25, 0.3) is 0 Å². The lowest BCUT2D eigenvalue weighted by Gasteiger charge is -2.36. The Morgan fingerprint density at radius 1 is 1.09 bits per heavy atom. The highest BCUT2D eigenvalue weighted by atomic mass is 32.1. The van der Waals surface area contributed by atoms with E-state index in [9.17, 15) is 9.59 Å². The highest BCUT2D eigenvalue weighted by Crippen LogP contribution is 2.47. The zero-order valence-electron chi connectivity index (χ0n) is 19.8. The second-order valence-corrected chi connectivity index (χ2v) is 9.26. The molecule has 0 radical (unpaired) electrons. The fourth-order valence-electron chi connectivity index (χ4n) is 4.69. The molecule has 4 rings (SSSR count). The largest absolute Gasteiger partial charge is 0.493 e. The summed E-state index contributed by atoms with van der Waals surface area (Å²) in [5, 5.41) is 5.33. The van der Waals surface area contributed by atoms with Crippen LogP contribution in [0.15, 0.2) is 58.3 Å². The normalized spacial score (nSPS) is 20.1. The third kappa shape index (κ3) is 4.60. The minimum atomic E-state index is -0.440. The van der Waals surface area contributed by atoms with Gasteiger partial charge in [0.15, 0.2) is 17.3 Å². The number of ketones is 1. The standard InChI is InChI=1S/C26H29NO6S/c1-15-23(26(29)33-10-9-30-2)25(22-6-5-11-34-22)24-18(27-15)12-17(13-19(24)28)16-7-8-20(31-3)21(14-16)32-4/h5-8,11,14,17,25,27H,9-10,12-13H2,1-4H3/t17-,25+/m0/s1. The number of rotatable bonds is 8. The Morgan fingerprint density at radius 2 is 1.88 bits per heavy atom. The number of Topliss-reactive ketones (excluding diaryl/α,β-unsaturated/α-hetero) is 1. The summed E-state index contributed by atoms with van der Waals surface area (Å²) < 4.78 is 21.3. The van der Waals surface area contributed by atoms with Gasteiger partial charge < -0.3 is 24.3 Å². The van der Waals surface area contributed by atoms with Crippen molar-refractivity contribution >= 4 is 23.1 Å². The van der Waals surface area contributed by atoms with Crippen LogP contribution in [0.4, 0.5) is 0 Å². The zero-order valence-corrected chi connectivity index (χ0v) is 20.6. The first-order valence-electron chi connectivity index (χ1n) is 11.1. The molecule has 8 heteroatoms. The van der Waals surface area contributed by atoms with Gasteiger partial charge in [-0.15, -0.1) is 11.3 Å². The second kappa shape index (κ2) is 10.4. The highest BCUT2D eigenvalue weighted by Gasteiger charge is 2.42. The molecular weight excluding hydrogens is 454 g/mol. The van der Waals surface area contributed by atoms with Gasteiger partial charge in [0.2, 0.25) is 0 Å². The van der Waals surface area contributed by atoms with Gasteiger partial charge >= 0.3 is 5.97 Å². The monoisotopic (exact) mass is 483 g/mol. The van der Waals surface area contributed by atoms with Crippen molar-refractivity contribution in [2.45, 2.75) is 31.6 Å². The predicted octanol–water partition coefficient (Wildman–Crippen LogP) is 4.32. The Labute approximate surface area is 203 Å². The lowest BCUT2D eigenvalue weighted by Crippen LogP contribution is -2.36. The summed E-state index contributed by atoms with van der Waals surface area (Å²) in [7, 11) is 4.76. The minimum absolute atomic E-state index is 0.00875. The Balaban J connectivity index is 1.69. The number of benzene rings is 1. The Bertz CT molecular complexity index is 1130. The number of thiophene rings is 1. The Morgan fingerprint density at radius 3 is 2.56 bits per heavy atom. The van der Waals surface area contributed by atoms with Crippen LogP contribution in [-0.2, 0) is 19.1 Å². The summed E-state index contributed by atoms with van der Waals surface area (Å²) in [5.41, 5.74) is 3.72. The summed E-state index contributed by atoms with van der Waals surface area (Å²) in [4.78, 5) is 27.6. The van der Waals surface area contributed by atoms with Gasteiger partial charge in [-0.25, -0.2) is 4.79 Å². The van der Waals surface area contributed by atoms with Crippen molar-refractivity contribution in [2.24, 2.45) is 0 Å². The van der Waals surface area contributed by atoms with E-state index >= 15 is 0 Å². The van der Waals surface area contributed by atoms with Crippen molar-refractivity contribution < 1.29 is 28.5 Å². The van der Waals surface area contributed by atoms with E-state index in [0.29, 0.717) is 47.8 Å². The minimum Gasteiger partial charge on any atom is -0.493 e. The average Bonchev–Trinajstić information content (AvgIpc) is 3.37. The number of methoxy groups -OCH3 is 3. The SMILES string of the molecule is COCCOC(=O)C1=C(C)NC2=C(C(=O)C[C@@H](c3ccc(OC)c(OC)c3)C2)[C@@H]1c1cccs1. The highest BCUT2D eigenvalue weighted by molar-refractivity contribution is 7.10. The van der Waals surface area contributed by atoms with E-state index in [-0.39, 0.29) is 18.3 Å². The van der Waals surface area contributed by atoms with E-state index in [1.807, 2.05) is 42.6 Å². The molecule has 0 amide bonds. The molecule has 2 aliphatic rings. The first kappa shape index (κ1) is 24.0. The van der Waals surface area contributed by atoms with E-state index in [0.717, 1.165) is 16.1 Å². The van der Waals surface area contributed by atoms with Gasteiger partial charge in [-0.2, -0.15) is 0 Å². The van der Waals surface area contributed by atoms with E-state index in [2.05, 4.69) is 5.32 Å². The molecule has 180 valence electrons. The summed E-state index contributed by atoms with van der Waals surface area (Å²) >= 11 is 1.53. The Hall–Kier alpha value is -3.10. The number of esters is 1. The molecule has 0 fully saturated rings. The van der Waals surface area contributed by atoms with E-state index in [4.69, 9.17) is 18.9 Å². The lowest BCUT2D eigenvalue weighted by atomic mass is 9.73. The number of carbonyl (C=O) groups excluding carboxylic acids is 2. The lowest BCUT2D eigenvalue weighted by molar-refractivity contribution is -0.140. The first-order valence-corrected chi connectivity index (χ1v) is 12.0. The van der Waals surface area contributed by atoms with Crippen molar-refractivity contribution in [2.75, 3.05) is 34.5 Å². The Kier molecular flexibility index (Phi) is 7.38. The maximum Gasteiger partial charge on any atom is 0.336 e. The number of allylic oxidation sites excluding steroid dienone is 3. The summed E-state index contributed by atoms with van der Waals surface area (Å²) in [6, 6.07) is 9.68. The molecule has 1 N–H and O–H groups in total. The second-order valence-electron chi connectivity index (χ2n) is 8.28. The number of hydrogen-bond donors (Lipinski definition) is 1. The number of carbonyl (C=O) groups is 2. The van der Waals surface area contributed by atoms with Crippen molar-refractivity contribution in [3.8, 4) is 11.5 Å². The molecule has 2 heterocycles. The molecular formula is C26H29NO6S. The van der Waals surface area contributed by atoms with Crippen molar-refractivity contribution in [1.29, 1.82) is 0 Å². The van der Waals surface area contributed by atoms with Crippen molar-refractivity contribution in [1.82, 2.24) is 5.32 Å².